The number of nitrogens with one attached hydrogen (secondary N) is 1. The zero-order valence-corrected chi connectivity index (χ0v) is 28.0. The fourth-order valence-electron chi connectivity index (χ4n) is 6.08. The summed E-state index contributed by atoms with van der Waals surface area (Å²) in [6.45, 7) is 8.85. The number of aryl methyl sites for hydroxylation is 2. The van der Waals surface area contributed by atoms with Crippen molar-refractivity contribution in [1.29, 1.82) is 0 Å². The zero-order chi connectivity index (χ0) is 33.5. The molecule has 47 heavy (non-hydrogen) atoms. The number of pyridine rings is 1. The molecule has 5 aromatic rings. The molecule has 2 atom stereocenters. The number of carbonyl (C=O) groups excluding carboxylic acids is 2. The van der Waals surface area contributed by atoms with Gasteiger partial charge in [-0.3, -0.25) is 14.6 Å². The van der Waals surface area contributed by atoms with Crippen LogP contribution in [-0.4, -0.2) is 43.2 Å². The minimum absolute atomic E-state index is 0.202. The smallest absolute Gasteiger partial charge is 0.336 e. The first kappa shape index (κ1) is 33.6. The van der Waals surface area contributed by atoms with Gasteiger partial charge >= 0.3 is 5.97 Å². The molecule has 2 heterocycles. The molecule has 1 amide bonds. The van der Waals surface area contributed by atoms with Crippen LogP contribution < -0.4 is 5.32 Å². The number of benzene rings is 3. The van der Waals surface area contributed by atoms with Gasteiger partial charge in [-0.25, -0.2) is 9.78 Å². The van der Waals surface area contributed by atoms with Crippen molar-refractivity contribution in [1.82, 2.24) is 19.9 Å². The number of fused-ring (bicyclic) bond motifs is 1. The van der Waals surface area contributed by atoms with E-state index >= 15 is 0 Å². The molecule has 0 saturated heterocycles. The molecule has 9 heteroatoms. The number of aromatic carboxylic acids is 1. The number of rotatable bonds is 14. The number of thioether (sulfide) groups is 1. The first-order valence-corrected chi connectivity index (χ1v) is 16.9. The molecule has 0 fully saturated rings. The van der Waals surface area contributed by atoms with Gasteiger partial charge in [0.05, 0.1) is 21.8 Å². The lowest BCUT2D eigenvalue weighted by Crippen LogP contribution is -2.39. The van der Waals surface area contributed by atoms with Crippen molar-refractivity contribution >= 4 is 40.3 Å². The number of carboxylic acid groups (broad SMARTS) is 1. The summed E-state index contributed by atoms with van der Waals surface area (Å²) in [6, 6.07) is 22.2. The Hall–Kier alpha value is -4.76. The van der Waals surface area contributed by atoms with Crippen molar-refractivity contribution in [2.45, 2.75) is 64.8 Å². The van der Waals surface area contributed by atoms with Gasteiger partial charge in [-0.2, -0.15) is 0 Å². The lowest BCUT2D eigenvalue weighted by molar-refractivity contribution is 0.0697. The number of aromatic nitrogens is 3. The van der Waals surface area contributed by atoms with E-state index in [4.69, 9.17) is 4.98 Å². The SMILES string of the molecule is CCCc1nc2c(C)cc(C(=O)N[C@H](CC(C)C)C(SC=O)c3cccnc3)cc2n1Cc1ccc(-c2ccccc2C(=O)O)cc1. The summed E-state index contributed by atoms with van der Waals surface area (Å²) in [4.78, 5) is 46.7. The molecule has 8 nitrogen and oxygen atoms in total. The van der Waals surface area contributed by atoms with Gasteiger partial charge in [0.1, 0.15) is 5.82 Å². The van der Waals surface area contributed by atoms with Crippen LogP contribution >= 0.6 is 11.8 Å². The van der Waals surface area contributed by atoms with Crippen LogP contribution in [0.25, 0.3) is 22.2 Å². The van der Waals surface area contributed by atoms with Crippen LogP contribution in [0.1, 0.15) is 82.1 Å². The van der Waals surface area contributed by atoms with Crippen molar-refractivity contribution in [3.05, 3.63) is 119 Å². The maximum atomic E-state index is 13.9. The van der Waals surface area contributed by atoms with Crippen LogP contribution in [0.3, 0.4) is 0 Å². The third-order valence-electron chi connectivity index (χ3n) is 8.24. The lowest BCUT2D eigenvalue weighted by atomic mass is 9.96. The van der Waals surface area contributed by atoms with Crippen molar-refractivity contribution in [3.63, 3.8) is 0 Å². The Kier molecular flexibility index (Phi) is 10.9. The van der Waals surface area contributed by atoms with Gasteiger partial charge in [0.15, 0.2) is 5.62 Å². The number of nitrogens with zero attached hydrogens (tertiary/aromatic N) is 3. The summed E-state index contributed by atoms with van der Waals surface area (Å²) in [5.74, 6) is 0.0741. The average Bonchev–Trinajstić information content (AvgIpc) is 3.41. The normalized spacial score (nSPS) is 12.6. The summed E-state index contributed by atoms with van der Waals surface area (Å²) in [6.07, 6.45) is 5.84. The zero-order valence-electron chi connectivity index (χ0n) is 27.1. The lowest BCUT2D eigenvalue weighted by Gasteiger charge is -2.28. The highest BCUT2D eigenvalue weighted by molar-refractivity contribution is 8.12. The van der Waals surface area contributed by atoms with Crippen LogP contribution in [0.4, 0.5) is 0 Å². The van der Waals surface area contributed by atoms with E-state index in [0.717, 1.165) is 69.3 Å². The second-order valence-corrected chi connectivity index (χ2v) is 13.2. The van der Waals surface area contributed by atoms with Crippen molar-refractivity contribution in [3.8, 4) is 11.1 Å². The van der Waals surface area contributed by atoms with Crippen LogP contribution in [0.2, 0.25) is 0 Å². The van der Waals surface area contributed by atoms with Gasteiger partial charge in [-0.05, 0) is 77.8 Å². The quantitative estimate of drug-likeness (QED) is 0.118. The molecule has 5 rings (SSSR count). The summed E-state index contributed by atoms with van der Waals surface area (Å²) in [5, 5.41) is 12.6. The molecule has 2 N–H and O–H groups in total. The minimum atomic E-state index is -0.959. The third-order valence-corrected chi connectivity index (χ3v) is 9.25. The topological polar surface area (TPSA) is 114 Å². The van der Waals surface area contributed by atoms with Crippen molar-refractivity contribution in [2.75, 3.05) is 0 Å². The number of amides is 1. The maximum absolute atomic E-state index is 13.9. The number of hydrogen-bond donors (Lipinski definition) is 2. The van der Waals surface area contributed by atoms with Gasteiger partial charge in [0.25, 0.3) is 5.91 Å². The van der Waals surface area contributed by atoms with Gasteiger partial charge in [0, 0.05) is 37.0 Å². The van der Waals surface area contributed by atoms with Gasteiger partial charge in [-0.1, -0.05) is 81.1 Å². The molecular formula is C38H40N4O4S. The first-order chi connectivity index (χ1) is 22.7. The van der Waals surface area contributed by atoms with Crippen molar-refractivity contribution < 1.29 is 19.5 Å². The maximum Gasteiger partial charge on any atom is 0.336 e. The molecule has 0 radical (unpaired) electrons. The van der Waals surface area contributed by atoms with E-state index in [1.165, 1.54) is 0 Å². The number of hydrogen-bond acceptors (Lipinski definition) is 6. The minimum Gasteiger partial charge on any atom is -0.478 e. The molecule has 242 valence electrons. The Morgan fingerprint density at radius 1 is 1.04 bits per heavy atom. The van der Waals surface area contributed by atoms with E-state index < -0.39 is 5.97 Å². The molecule has 0 saturated carbocycles. The summed E-state index contributed by atoms with van der Waals surface area (Å²) >= 11 is 1.16. The average molecular weight is 649 g/mol. The van der Waals surface area contributed by atoms with E-state index in [1.807, 2.05) is 67.6 Å². The summed E-state index contributed by atoms with van der Waals surface area (Å²) < 4.78 is 2.18. The second-order valence-electron chi connectivity index (χ2n) is 12.2. The molecule has 0 spiro atoms. The monoisotopic (exact) mass is 648 g/mol. The third kappa shape index (κ3) is 7.80. The van der Waals surface area contributed by atoms with E-state index in [-0.39, 0.29) is 28.7 Å². The highest BCUT2D eigenvalue weighted by Crippen LogP contribution is 2.34. The molecule has 0 aliphatic rings. The predicted molar refractivity (Wildman–Crippen MR) is 188 cm³/mol. The fraction of sp³-hybridized carbons (Fsp3) is 0.289. The second kappa shape index (κ2) is 15.2. The van der Waals surface area contributed by atoms with E-state index in [9.17, 15) is 19.5 Å². The van der Waals surface area contributed by atoms with E-state index in [0.29, 0.717) is 24.1 Å². The largest absolute Gasteiger partial charge is 0.478 e. The Balaban J connectivity index is 1.48. The van der Waals surface area contributed by atoms with Crippen LogP contribution in [0, 0.1) is 12.8 Å². The molecular weight excluding hydrogens is 609 g/mol. The highest BCUT2D eigenvalue weighted by Gasteiger charge is 2.28. The van der Waals surface area contributed by atoms with Gasteiger partial charge < -0.3 is 15.0 Å². The first-order valence-electron chi connectivity index (χ1n) is 15.9. The number of imidazole rings is 1. The van der Waals surface area contributed by atoms with Gasteiger partial charge in [0.2, 0.25) is 0 Å². The van der Waals surface area contributed by atoms with E-state index in [1.54, 1.807) is 24.5 Å². The van der Waals surface area contributed by atoms with Crippen LogP contribution in [0.5, 0.6) is 0 Å². The van der Waals surface area contributed by atoms with Crippen LogP contribution in [0.15, 0.2) is 85.2 Å². The predicted octanol–water partition coefficient (Wildman–Crippen LogP) is 7.91. The fourth-order valence-corrected chi connectivity index (χ4v) is 6.87. The molecule has 3 aromatic carbocycles. The molecule has 1 unspecified atom stereocenters. The molecule has 0 aliphatic heterocycles. The Morgan fingerprint density at radius 2 is 1.81 bits per heavy atom. The number of carbonyl (C=O) groups is 3. The Morgan fingerprint density at radius 3 is 2.47 bits per heavy atom. The summed E-state index contributed by atoms with van der Waals surface area (Å²) in [7, 11) is 0. The molecule has 0 bridgehead atoms. The summed E-state index contributed by atoms with van der Waals surface area (Å²) in [5.41, 5.74) is 7.72. The molecule has 2 aromatic heterocycles. The van der Waals surface area contributed by atoms with Crippen LogP contribution in [-0.2, 0) is 17.8 Å². The Labute approximate surface area is 279 Å². The van der Waals surface area contributed by atoms with Crippen molar-refractivity contribution in [2.24, 2.45) is 5.92 Å². The van der Waals surface area contributed by atoms with Gasteiger partial charge in [-0.15, -0.1) is 0 Å². The van der Waals surface area contributed by atoms with E-state index in [2.05, 4.69) is 35.6 Å². The molecule has 0 aliphatic carbocycles. The standard InChI is InChI=1S/C38H40N4O4S/c1-5-9-34-41-35-25(4)19-29(37(44)40-32(18-24(2)3)36(47-23-43)28-10-8-17-39-21-28)20-33(35)42(34)22-26-13-15-27(16-14-26)30-11-6-7-12-31(30)38(45)46/h6-8,10-17,19-21,23-24,32,36H,5,9,18,22H2,1-4H3,(H,40,44)(H,45,46)/t32-,36?/m1/s1. The Bertz CT molecular complexity index is 1870. The number of carboxylic acids is 1. The highest BCUT2D eigenvalue weighted by atomic mass is 32.2.